The number of aromatic hydroxyl groups is 1. The van der Waals surface area contributed by atoms with Crippen LogP contribution in [0.15, 0.2) is 48.5 Å². The lowest BCUT2D eigenvalue weighted by Gasteiger charge is -2.12. The molecule has 0 spiro atoms. The Bertz CT molecular complexity index is 1040. The first-order chi connectivity index (χ1) is 13.7. The van der Waals surface area contributed by atoms with Gasteiger partial charge in [-0.2, -0.15) is 0 Å². The first-order valence-corrected chi connectivity index (χ1v) is 9.09. The van der Waals surface area contributed by atoms with Crippen molar-refractivity contribution >= 4 is 29.2 Å². The maximum atomic E-state index is 13.5. The Morgan fingerprint density at radius 3 is 2.17 bits per heavy atom. The van der Waals surface area contributed by atoms with Crippen LogP contribution in [-0.2, 0) is 11.2 Å². The van der Waals surface area contributed by atoms with Crippen LogP contribution in [0.5, 0.6) is 11.5 Å². The van der Waals surface area contributed by atoms with E-state index < -0.39 is 24.2 Å². The van der Waals surface area contributed by atoms with Gasteiger partial charge >= 0.3 is 5.97 Å². The van der Waals surface area contributed by atoms with E-state index in [1.165, 1.54) is 18.2 Å². The third kappa shape index (κ3) is 5.16. The van der Waals surface area contributed by atoms with Gasteiger partial charge in [-0.05, 0) is 53.1 Å². The van der Waals surface area contributed by atoms with Crippen molar-refractivity contribution in [2.45, 2.75) is 6.42 Å². The molecule has 150 valence electrons. The zero-order valence-corrected chi connectivity index (χ0v) is 16.3. The number of aliphatic carboxylic acids is 1. The number of benzene rings is 3. The molecule has 0 aliphatic heterocycles. The molecule has 0 aliphatic carbocycles. The molecule has 0 aromatic heterocycles. The lowest BCUT2D eigenvalue weighted by molar-refractivity contribution is -0.139. The number of carbonyl (C=O) groups is 1. The van der Waals surface area contributed by atoms with Crippen LogP contribution in [0.4, 0.5) is 8.78 Å². The summed E-state index contributed by atoms with van der Waals surface area (Å²) < 4.78 is 32.2. The van der Waals surface area contributed by atoms with Crippen LogP contribution in [0, 0.1) is 11.6 Å². The van der Waals surface area contributed by atoms with Gasteiger partial charge in [0.2, 0.25) is 0 Å². The molecular weight excluding hydrogens is 425 g/mol. The van der Waals surface area contributed by atoms with Gasteiger partial charge in [-0.15, -0.1) is 0 Å². The lowest BCUT2D eigenvalue weighted by Crippen LogP contribution is -2.09. The molecule has 3 rings (SSSR count). The second-order valence-corrected chi connectivity index (χ2v) is 7.05. The summed E-state index contributed by atoms with van der Waals surface area (Å²) in [4.78, 5) is 10.6. The van der Waals surface area contributed by atoms with E-state index in [9.17, 15) is 18.7 Å². The smallest absolute Gasteiger partial charge is 0.341 e. The van der Waals surface area contributed by atoms with Crippen LogP contribution in [-0.4, -0.2) is 22.8 Å². The molecule has 3 aromatic rings. The van der Waals surface area contributed by atoms with Crippen LogP contribution in [0.1, 0.15) is 11.1 Å². The predicted octanol–water partition coefficient (Wildman–Crippen LogP) is 5.70. The van der Waals surface area contributed by atoms with Gasteiger partial charge in [0.1, 0.15) is 23.1 Å². The summed E-state index contributed by atoms with van der Waals surface area (Å²) in [6.45, 7) is -0.530. The van der Waals surface area contributed by atoms with Gasteiger partial charge in [-0.3, -0.25) is 0 Å². The van der Waals surface area contributed by atoms with Crippen molar-refractivity contribution < 1.29 is 28.5 Å². The molecule has 8 heteroatoms. The number of ether oxygens (including phenoxy) is 1. The van der Waals surface area contributed by atoms with Crippen molar-refractivity contribution in [3.63, 3.8) is 0 Å². The topological polar surface area (TPSA) is 66.8 Å². The van der Waals surface area contributed by atoms with E-state index >= 15 is 0 Å². The van der Waals surface area contributed by atoms with Gasteiger partial charge in [0, 0.05) is 28.1 Å². The lowest BCUT2D eigenvalue weighted by atomic mass is 9.98. The van der Waals surface area contributed by atoms with Gasteiger partial charge in [-0.25, -0.2) is 13.6 Å². The van der Waals surface area contributed by atoms with Gasteiger partial charge in [-0.1, -0.05) is 29.3 Å². The summed E-state index contributed by atoms with van der Waals surface area (Å²) in [6, 6.07) is 10.5. The average molecular weight is 439 g/mol. The summed E-state index contributed by atoms with van der Waals surface area (Å²) in [6.07, 6.45) is 0.266. The van der Waals surface area contributed by atoms with Crippen LogP contribution in [0.3, 0.4) is 0 Å². The van der Waals surface area contributed by atoms with Gasteiger partial charge in [0.25, 0.3) is 0 Å². The van der Waals surface area contributed by atoms with E-state index in [4.69, 9.17) is 33.0 Å². The highest BCUT2D eigenvalue weighted by atomic mass is 35.5. The number of hydrogen-bond donors (Lipinski definition) is 2. The minimum atomic E-state index is -1.13. The number of halogens is 4. The molecule has 4 nitrogen and oxygen atoms in total. The monoisotopic (exact) mass is 438 g/mol. The van der Waals surface area contributed by atoms with E-state index in [-0.39, 0.29) is 39.1 Å². The first kappa shape index (κ1) is 20.9. The molecule has 0 bridgehead atoms. The molecule has 0 aliphatic rings. The Balaban J connectivity index is 1.92. The fourth-order valence-electron chi connectivity index (χ4n) is 2.81. The van der Waals surface area contributed by atoms with E-state index in [1.807, 2.05) is 0 Å². The number of carboxylic acid groups (broad SMARTS) is 1. The quantitative estimate of drug-likeness (QED) is 0.517. The molecule has 0 radical (unpaired) electrons. The van der Waals surface area contributed by atoms with Gasteiger partial charge < -0.3 is 14.9 Å². The normalized spacial score (nSPS) is 10.8. The van der Waals surface area contributed by atoms with Crippen LogP contribution < -0.4 is 4.74 Å². The van der Waals surface area contributed by atoms with Crippen molar-refractivity contribution in [3.05, 3.63) is 81.3 Å². The molecule has 0 fully saturated rings. The molecule has 29 heavy (non-hydrogen) atoms. The Hall–Kier alpha value is -2.83. The minimum absolute atomic E-state index is 0.131. The van der Waals surface area contributed by atoms with Crippen LogP contribution >= 0.6 is 23.2 Å². The van der Waals surface area contributed by atoms with Crippen LogP contribution in [0.25, 0.3) is 11.1 Å². The second kappa shape index (κ2) is 8.68. The maximum absolute atomic E-state index is 13.5. The molecule has 0 atom stereocenters. The van der Waals surface area contributed by atoms with Gasteiger partial charge in [0.15, 0.2) is 6.61 Å². The van der Waals surface area contributed by atoms with Crippen molar-refractivity contribution in [1.82, 2.24) is 0 Å². The molecule has 0 heterocycles. The Morgan fingerprint density at radius 2 is 1.59 bits per heavy atom. The number of phenols is 1. The Labute approximate surface area is 174 Å². The fraction of sp³-hybridized carbons (Fsp3) is 0.0952. The largest absolute Gasteiger partial charge is 0.507 e. The fourth-order valence-corrected chi connectivity index (χ4v) is 3.42. The highest BCUT2D eigenvalue weighted by Gasteiger charge is 2.14. The third-order valence-electron chi connectivity index (χ3n) is 4.09. The standard InChI is InChI=1S/C21H14Cl2F2O4/c22-18-8-15(29-10-21(27)28)9-19(23)17(18)4-11-1-2-20(26)16(3-11)12-5-13(24)7-14(25)6-12/h1-3,5-9,26H,4,10H2,(H,27,28). The first-order valence-electron chi connectivity index (χ1n) is 8.34. The summed E-state index contributed by atoms with van der Waals surface area (Å²) in [7, 11) is 0. The SMILES string of the molecule is O=C(O)COc1cc(Cl)c(Cc2ccc(O)c(-c3cc(F)cc(F)c3)c2)c(Cl)c1. The van der Waals surface area contributed by atoms with Crippen molar-refractivity contribution in [1.29, 1.82) is 0 Å². The van der Waals surface area contributed by atoms with Crippen molar-refractivity contribution in [2.24, 2.45) is 0 Å². The molecule has 3 aromatic carbocycles. The predicted molar refractivity (Wildman–Crippen MR) is 106 cm³/mol. The van der Waals surface area contributed by atoms with E-state index in [0.717, 1.165) is 18.2 Å². The molecule has 0 amide bonds. The maximum Gasteiger partial charge on any atom is 0.341 e. The Kier molecular flexibility index (Phi) is 6.25. The molecule has 2 N–H and O–H groups in total. The van der Waals surface area contributed by atoms with Gasteiger partial charge in [0.05, 0.1) is 0 Å². The van der Waals surface area contributed by atoms with Crippen molar-refractivity contribution in [3.8, 4) is 22.6 Å². The van der Waals surface area contributed by atoms with E-state index in [1.54, 1.807) is 12.1 Å². The van der Waals surface area contributed by atoms with E-state index in [2.05, 4.69) is 0 Å². The number of rotatable bonds is 6. The minimum Gasteiger partial charge on any atom is -0.507 e. The highest BCUT2D eigenvalue weighted by Crippen LogP contribution is 2.35. The number of hydrogen-bond acceptors (Lipinski definition) is 3. The summed E-state index contributed by atoms with van der Waals surface area (Å²) in [5.74, 6) is -2.56. The zero-order chi connectivity index (χ0) is 21.1. The second-order valence-electron chi connectivity index (χ2n) is 6.23. The third-order valence-corrected chi connectivity index (χ3v) is 4.77. The summed E-state index contributed by atoms with van der Waals surface area (Å²) in [5.41, 5.74) is 1.69. The van der Waals surface area contributed by atoms with E-state index in [0.29, 0.717) is 11.1 Å². The number of phenolic OH excluding ortho intramolecular Hbond substituents is 1. The molecule has 0 saturated heterocycles. The average Bonchev–Trinajstić information content (AvgIpc) is 2.63. The highest BCUT2D eigenvalue weighted by molar-refractivity contribution is 6.36. The molecule has 0 saturated carbocycles. The van der Waals surface area contributed by atoms with Crippen molar-refractivity contribution in [2.75, 3.05) is 6.61 Å². The summed E-state index contributed by atoms with van der Waals surface area (Å²) in [5, 5.41) is 19.3. The zero-order valence-electron chi connectivity index (χ0n) is 14.8. The Morgan fingerprint density at radius 1 is 0.966 bits per heavy atom. The number of carboxylic acids is 1. The van der Waals surface area contributed by atoms with Crippen LogP contribution in [0.2, 0.25) is 10.0 Å². The molecular formula is C21H14Cl2F2O4. The summed E-state index contributed by atoms with van der Waals surface area (Å²) >= 11 is 12.5. The molecule has 0 unspecified atom stereocenters.